The number of alkyl carbamates (subject to hydrolysis) is 1. The number of ether oxygens (including phenoxy) is 1. The van der Waals surface area contributed by atoms with Gasteiger partial charge in [-0.2, -0.15) is 0 Å². The predicted molar refractivity (Wildman–Crippen MR) is 133 cm³/mol. The van der Waals surface area contributed by atoms with Crippen molar-refractivity contribution in [2.45, 2.75) is 58.2 Å². The molecule has 8 nitrogen and oxygen atoms in total. The summed E-state index contributed by atoms with van der Waals surface area (Å²) in [6.45, 7) is 8.52. The van der Waals surface area contributed by atoms with Crippen LogP contribution in [0.25, 0.3) is 0 Å². The SMILES string of the molecule is CN=C(NCc1ccc(N2CCCC2=O)cc1)N1CCC(NC(=O)OC(C)(C)C)C1.I. The van der Waals surface area contributed by atoms with Crippen LogP contribution >= 0.6 is 24.0 Å². The average Bonchev–Trinajstić information content (AvgIpc) is 3.30. The number of amides is 2. The number of hydrogen-bond acceptors (Lipinski definition) is 4. The molecule has 1 aromatic rings. The first-order valence-corrected chi connectivity index (χ1v) is 10.6. The number of nitrogens with one attached hydrogen (secondary N) is 2. The predicted octanol–water partition coefficient (Wildman–Crippen LogP) is 3.11. The number of carbonyl (C=O) groups excluding carboxylic acids is 2. The zero-order chi connectivity index (χ0) is 21.7. The topological polar surface area (TPSA) is 86.3 Å². The Morgan fingerprint density at radius 1 is 1.23 bits per heavy atom. The number of halogens is 1. The number of hydrogen-bond donors (Lipinski definition) is 2. The molecule has 1 unspecified atom stereocenters. The van der Waals surface area contributed by atoms with Crippen molar-refractivity contribution in [1.29, 1.82) is 0 Å². The quantitative estimate of drug-likeness (QED) is 0.347. The third-order valence-corrected chi connectivity index (χ3v) is 5.19. The van der Waals surface area contributed by atoms with Gasteiger partial charge >= 0.3 is 6.09 Å². The van der Waals surface area contributed by atoms with Crippen molar-refractivity contribution in [3.63, 3.8) is 0 Å². The monoisotopic (exact) mass is 543 g/mol. The Hall–Kier alpha value is -2.04. The standard InChI is InChI=1S/C22H33N5O3.HI/c1-22(2,3)30-21(29)25-17-11-13-26(15-17)20(23-4)24-14-16-7-9-18(10-8-16)27-12-5-6-19(27)28;/h7-10,17H,5-6,11-15H2,1-4H3,(H,23,24)(H,25,29);1H. The van der Waals surface area contributed by atoms with Crippen molar-refractivity contribution in [2.75, 3.05) is 31.6 Å². The van der Waals surface area contributed by atoms with Crippen LogP contribution in [-0.4, -0.2) is 61.2 Å². The normalized spacial score (nSPS) is 19.3. The van der Waals surface area contributed by atoms with Gasteiger partial charge in [0.05, 0.1) is 6.04 Å². The number of carbonyl (C=O) groups is 2. The van der Waals surface area contributed by atoms with Crippen molar-refractivity contribution < 1.29 is 14.3 Å². The lowest BCUT2D eigenvalue weighted by molar-refractivity contribution is -0.117. The Kier molecular flexibility index (Phi) is 8.96. The van der Waals surface area contributed by atoms with Gasteiger partial charge in [0.2, 0.25) is 5.91 Å². The number of likely N-dealkylation sites (tertiary alicyclic amines) is 1. The zero-order valence-corrected chi connectivity index (χ0v) is 21.1. The van der Waals surface area contributed by atoms with Gasteiger partial charge in [0.25, 0.3) is 0 Å². The molecule has 0 spiro atoms. The van der Waals surface area contributed by atoms with Crippen LogP contribution in [0.4, 0.5) is 10.5 Å². The highest BCUT2D eigenvalue weighted by Gasteiger charge is 2.28. The summed E-state index contributed by atoms with van der Waals surface area (Å²) in [5.41, 5.74) is 1.58. The molecule has 0 bridgehead atoms. The molecule has 2 amide bonds. The molecule has 2 aliphatic heterocycles. The minimum absolute atomic E-state index is 0. The van der Waals surface area contributed by atoms with Gasteiger partial charge in [-0.25, -0.2) is 4.79 Å². The van der Waals surface area contributed by atoms with Gasteiger partial charge in [0, 0.05) is 45.3 Å². The van der Waals surface area contributed by atoms with E-state index in [9.17, 15) is 9.59 Å². The Bertz CT molecular complexity index is 791. The first kappa shape index (κ1) is 25.2. The van der Waals surface area contributed by atoms with Gasteiger partial charge in [-0.05, 0) is 51.3 Å². The second-order valence-electron chi connectivity index (χ2n) is 8.79. The molecular weight excluding hydrogens is 509 g/mol. The molecule has 2 heterocycles. The smallest absolute Gasteiger partial charge is 0.407 e. The lowest BCUT2D eigenvalue weighted by atomic mass is 10.2. The minimum Gasteiger partial charge on any atom is -0.444 e. The van der Waals surface area contributed by atoms with Crippen LogP contribution in [0.1, 0.15) is 45.6 Å². The molecule has 2 N–H and O–H groups in total. The maximum absolute atomic E-state index is 12.0. The van der Waals surface area contributed by atoms with Gasteiger partial charge in [-0.3, -0.25) is 9.79 Å². The zero-order valence-electron chi connectivity index (χ0n) is 18.8. The highest BCUT2D eigenvalue weighted by Crippen LogP contribution is 2.21. The van der Waals surface area contributed by atoms with E-state index in [1.54, 1.807) is 7.05 Å². The highest BCUT2D eigenvalue weighted by molar-refractivity contribution is 14.0. The van der Waals surface area contributed by atoms with E-state index in [0.29, 0.717) is 19.5 Å². The number of aliphatic imine (C=N–C) groups is 1. The van der Waals surface area contributed by atoms with E-state index in [-0.39, 0.29) is 42.0 Å². The van der Waals surface area contributed by atoms with E-state index in [2.05, 4.69) is 20.5 Å². The van der Waals surface area contributed by atoms with Gasteiger partial charge in [0.15, 0.2) is 5.96 Å². The molecule has 0 aliphatic carbocycles. The number of rotatable bonds is 4. The first-order chi connectivity index (χ1) is 14.2. The Labute approximate surface area is 201 Å². The molecule has 0 radical (unpaired) electrons. The summed E-state index contributed by atoms with van der Waals surface area (Å²) in [5.74, 6) is 1.01. The Morgan fingerprint density at radius 2 is 1.94 bits per heavy atom. The van der Waals surface area contributed by atoms with Crippen LogP contribution in [-0.2, 0) is 16.1 Å². The van der Waals surface area contributed by atoms with Crippen molar-refractivity contribution in [1.82, 2.24) is 15.5 Å². The average molecular weight is 543 g/mol. The molecule has 1 atom stereocenters. The highest BCUT2D eigenvalue weighted by atomic mass is 127. The lowest BCUT2D eigenvalue weighted by Gasteiger charge is -2.23. The number of guanidine groups is 1. The molecule has 2 saturated heterocycles. The fourth-order valence-corrected chi connectivity index (χ4v) is 3.77. The fourth-order valence-electron chi connectivity index (χ4n) is 3.77. The first-order valence-electron chi connectivity index (χ1n) is 10.6. The van der Waals surface area contributed by atoms with Gasteiger partial charge in [-0.15, -0.1) is 24.0 Å². The maximum Gasteiger partial charge on any atom is 0.407 e. The molecule has 31 heavy (non-hydrogen) atoms. The van der Waals surface area contributed by atoms with Crippen molar-refractivity contribution in [2.24, 2.45) is 4.99 Å². The fraction of sp³-hybridized carbons (Fsp3) is 0.591. The maximum atomic E-state index is 12.0. The molecule has 2 fully saturated rings. The number of benzene rings is 1. The third kappa shape index (κ3) is 7.26. The van der Waals surface area contributed by atoms with Crippen LogP contribution in [0.2, 0.25) is 0 Å². The van der Waals surface area contributed by atoms with E-state index in [0.717, 1.165) is 43.1 Å². The summed E-state index contributed by atoms with van der Waals surface area (Å²) in [4.78, 5) is 32.2. The molecule has 3 rings (SSSR count). The molecule has 0 saturated carbocycles. The number of nitrogens with zero attached hydrogens (tertiary/aromatic N) is 3. The van der Waals surface area contributed by atoms with E-state index < -0.39 is 5.60 Å². The molecule has 172 valence electrons. The molecular formula is C22H34IN5O3. The van der Waals surface area contributed by atoms with Crippen LogP contribution in [0.15, 0.2) is 29.3 Å². The van der Waals surface area contributed by atoms with Crippen molar-refractivity contribution in [3.8, 4) is 0 Å². The van der Waals surface area contributed by atoms with Gasteiger partial charge in [0.1, 0.15) is 5.60 Å². The summed E-state index contributed by atoms with van der Waals surface area (Å²) in [5, 5.41) is 6.33. The Balaban J connectivity index is 0.00000341. The van der Waals surface area contributed by atoms with E-state index in [1.807, 2.05) is 49.9 Å². The number of anilines is 1. The van der Waals surface area contributed by atoms with Crippen LogP contribution in [0.5, 0.6) is 0 Å². The molecule has 2 aliphatic rings. The lowest BCUT2D eigenvalue weighted by Crippen LogP contribution is -2.44. The second kappa shape index (κ2) is 11.0. The van der Waals surface area contributed by atoms with E-state index in [1.165, 1.54) is 0 Å². The van der Waals surface area contributed by atoms with Crippen molar-refractivity contribution >= 4 is 47.6 Å². The molecule has 1 aromatic carbocycles. The summed E-state index contributed by atoms with van der Waals surface area (Å²) in [7, 11) is 1.76. The summed E-state index contributed by atoms with van der Waals surface area (Å²) in [6, 6.07) is 8.12. The summed E-state index contributed by atoms with van der Waals surface area (Å²) < 4.78 is 5.34. The van der Waals surface area contributed by atoms with E-state index >= 15 is 0 Å². The van der Waals surface area contributed by atoms with Crippen LogP contribution < -0.4 is 15.5 Å². The van der Waals surface area contributed by atoms with Crippen molar-refractivity contribution in [3.05, 3.63) is 29.8 Å². The van der Waals surface area contributed by atoms with Gasteiger partial charge < -0.3 is 25.2 Å². The minimum atomic E-state index is -0.502. The Morgan fingerprint density at radius 3 is 2.52 bits per heavy atom. The largest absolute Gasteiger partial charge is 0.444 e. The summed E-state index contributed by atoms with van der Waals surface area (Å²) >= 11 is 0. The molecule has 0 aromatic heterocycles. The van der Waals surface area contributed by atoms with Crippen LogP contribution in [0, 0.1) is 0 Å². The second-order valence-corrected chi connectivity index (χ2v) is 8.79. The molecule has 9 heteroatoms. The van der Waals surface area contributed by atoms with E-state index in [4.69, 9.17) is 4.74 Å². The third-order valence-electron chi connectivity index (χ3n) is 5.19. The summed E-state index contributed by atoms with van der Waals surface area (Å²) in [6.07, 6.45) is 2.03. The van der Waals surface area contributed by atoms with Crippen LogP contribution in [0.3, 0.4) is 0 Å². The van der Waals surface area contributed by atoms with Gasteiger partial charge in [-0.1, -0.05) is 12.1 Å².